The number of rotatable bonds is 3. The van der Waals surface area contributed by atoms with Crippen molar-refractivity contribution in [1.82, 2.24) is 19.6 Å². The molecule has 1 fully saturated rings. The Labute approximate surface area is 126 Å². The highest BCUT2D eigenvalue weighted by molar-refractivity contribution is 5.76. The number of carbonyl (C=O) groups excluding carboxylic acids is 1. The van der Waals surface area contributed by atoms with Gasteiger partial charge in [-0.1, -0.05) is 6.92 Å². The quantitative estimate of drug-likeness (QED) is 0.903. The van der Waals surface area contributed by atoms with Crippen LogP contribution in [-0.2, 0) is 11.3 Å². The lowest BCUT2D eigenvalue weighted by atomic mass is 10.2. The summed E-state index contributed by atoms with van der Waals surface area (Å²) in [5.41, 5.74) is 8.29. The van der Waals surface area contributed by atoms with E-state index in [0.717, 1.165) is 43.9 Å². The lowest BCUT2D eigenvalue weighted by molar-refractivity contribution is -0.134. The minimum absolute atomic E-state index is 0.141. The maximum Gasteiger partial charge on any atom is 0.244 e. The molecule has 6 heteroatoms. The average Bonchev–Trinajstić information content (AvgIpc) is 2.63. The van der Waals surface area contributed by atoms with Gasteiger partial charge in [-0.05, 0) is 40.3 Å². The van der Waals surface area contributed by atoms with Crippen LogP contribution in [0.3, 0.4) is 0 Å². The van der Waals surface area contributed by atoms with Gasteiger partial charge in [-0.3, -0.25) is 9.48 Å². The van der Waals surface area contributed by atoms with Crippen LogP contribution in [0.4, 0.5) is 5.69 Å². The highest BCUT2D eigenvalue weighted by Gasteiger charge is 2.26. The lowest BCUT2D eigenvalue weighted by Crippen LogP contribution is -2.45. The van der Waals surface area contributed by atoms with E-state index >= 15 is 0 Å². The number of nitrogens with two attached hydrogens (primary N) is 1. The van der Waals surface area contributed by atoms with Gasteiger partial charge in [-0.25, -0.2) is 0 Å². The Balaban J connectivity index is 2.12. The van der Waals surface area contributed by atoms with Gasteiger partial charge in [0.1, 0.15) is 6.54 Å². The zero-order valence-electron chi connectivity index (χ0n) is 13.6. The molecular weight excluding hydrogens is 266 g/mol. The third kappa shape index (κ3) is 3.37. The Kier molecular flexibility index (Phi) is 4.88. The van der Waals surface area contributed by atoms with Crippen molar-refractivity contribution in [3.63, 3.8) is 0 Å². The first-order chi connectivity index (χ1) is 9.93. The molecule has 0 bridgehead atoms. The standard InChI is InChI=1S/C15H27N5O/c1-5-13-9-18(4)7-6-8-19(13)14(21)10-20-12(3)15(16)11(2)17-20/h13H,5-10,16H2,1-4H3. The third-order valence-corrected chi connectivity index (χ3v) is 4.42. The molecule has 1 aromatic heterocycles. The number of aryl methyl sites for hydroxylation is 1. The minimum Gasteiger partial charge on any atom is -0.396 e. The molecule has 1 aromatic rings. The van der Waals surface area contributed by atoms with Crippen LogP contribution in [-0.4, -0.2) is 58.2 Å². The molecule has 0 radical (unpaired) electrons. The van der Waals surface area contributed by atoms with Crippen molar-refractivity contribution >= 4 is 11.6 Å². The van der Waals surface area contributed by atoms with Crippen LogP contribution in [0.5, 0.6) is 0 Å². The van der Waals surface area contributed by atoms with Crippen LogP contribution in [0, 0.1) is 13.8 Å². The van der Waals surface area contributed by atoms with Gasteiger partial charge in [-0.2, -0.15) is 5.10 Å². The van der Waals surface area contributed by atoms with Crippen LogP contribution in [0.25, 0.3) is 0 Å². The predicted molar refractivity (Wildman–Crippen MR) is 84.0 cm³/mol. The number of nitrogens with zero attached hydrogens (tertiary/aromatic N) is 4. The molecule has 1 amide bonds. The number of likely N-dealkylation sites (N-methyl/N-ethyl adjacent to an activating group) is 1. The van der Waals surface area contributed by atoms with Gasteiger partial charge in [0.25, 0.3) is 0 Å². The molecular formula is C15H27N5O. The van der Waals surface area contributed by atoms with Gasteiger partial charge in [0.15, 0.2) is 0 Å². The van der Waals surface area contributed by atoms with E-state index in [2.05, 4.69) is 24.0 Å². The molecule has 1 aliphatic heterocycles. The number of carbonyl (C=O) groups is 1. The molecule has 2 N–H and O–H groups in total. The molecule has 0 aromatic carbocycles. The van der Waals surface area contributed by atoms with Crippen LogP contribution < -0.4 is 5.73 Å². The lowest BCUT2D eigenvalue weighted by Gasteiger charge is -2.30. The third-order valence-electron chi connectivity index (χ3n) is 4.42. The smallest absolute Gasteiger partial charge is 0.244 e. The van der Waals surface area contributed by atoms with Gasteiger partial charge < -0.3 is 15.5 Å². The van der Waals surface area contributed by atoms with Crippen molar-refractivity contribution in [1.29, 1.82) is 0 Å². The Morgan fingerprint density at radius 3 is 2.67 bits per heavy atom. The monoisotopic (exact) mass is 293 g/mol. The number of nitrogen functional groups attached to an aromatic ring is 1. The highest BCUT2D eigenvalue weighted by atomic mass is 16.2. The van der Waals surface area contributed by atoms with E-state index in [0.29, 0.717) is 11.7 Å². The van der Waals surface area contributed by atoms with Crippen molar-refractivity contribution in [2.24, 2.45) is 0 Å². The Hall–Kier alpha value is -1.56. The fourth-order valence-electron chi connectivity index (χ4n) is 3.00. The second-order valence-corrected chi connectivity index (χ2v) is 6.01. The summed E-state index contributed by atoms with van der Waals surface area (Å²) in [6.45, 7) is 9.04. The minimum atomic E-state index is 0.141. The van der Waals surface area contributed by atoms with E-state index in [1.807, 2.05) is 18.7 Å². The summed E-state index contributed by atoms with van der Waals surface area (Å²) < 4.78 is 1.73. The van der Waals surface area contributed by atoms with Crippen molar-refractivity contribution in [2.75, 3.05) is 32.4 Å². The SMILES string of the molecule is CCC1CN(C)CCCN1C(=O)Cn1nc(C)c(N)c1C. The van der Waals surface area contributed by atoms with Gasteiger partial charge in [0.05, 0.1) is 17.1 Å². The number of anilines is 1. The molecule has 1 saturated heterocycles. The normalized spacial score (nSPS) is 20.6. The van der Waals surface area contributed by atoms with E-state index in [1.54, 1.807) is 4.68 Å². The van der Waals surface area contributed by atoms with Gasteiger partial charge in [0.2, 0.25) is 5.91 Å². The molecule has 0 aliphatic carbocycles. The molecule has 1 atom stereocenters. The Morgan fingerprint density at radius 2 is 2.10 bits per heavy atom. The molecule has 2 rings (SSSR count). The van der Waals surface area contributed by atoms with Crippen molar-refractivity contribution in [2.45, 2.75) is 46.2 Å². The van der Waals surface area contributed by atoms with E-state index in [4.69, 9.17) is 5.73 Å². The first kappa shape index (κ1) is 15.8. The summed E-state index contributed by atoms with van der Waals surface area (Å²) in [7, 11) is 2.12. The van der Waals surface area contributed by atoms with Crippen molar-refractivity contribution < 1.29 is 4.79 Å². The van der Waals surface area contributed by atoms with E-state index < -0.39 is 0 Å². The van der Waals surface area contributed by atoms with Gasteiger partial charge in [-0.15, -0.1) is 0 Å². The van der Waals surface area contributed by atoms with E-state index in [9.17, 15) is 4.79 Å². The van der Waals surface area contributed by atoms with Gasteiger partial charge >= 0.3 is 0 Å². The van der Waals surface area contributed by atoms with E-state index in [1.165, 1.54) is 0 Å². The fraction of sp³-hybridized carbons (Fsp3) is 0.733. The summed E-state index contributed by atoms with van der Waals surface area (Å²) >= 11 is 0. The fourth-order valence-corrected chi connectivity index (χ4v) is 3.00. The number of aromatic nitrogens is 2. The molecule has 118 valence electrons. The average molecular weight is 293 g/mol. The van der Waals surface area contributed by atoms with E-state index in [-0.39, 0.29) is 12.5 Å². The van der Waals surface area contributed by atoms with Crippen molar-refractivity contribution in [3.05, 3.63) is 11.4 Å². The summed E-state index contributed by atoms with van der Waals surface area (Å²) in [5, 5.41) is 4.37. The summed E-state index contributed by atoms with van der Waals surface area (Å²) in [5.74, 6) is 0.141. The summed E-state index contributed by atoms with van der Waals surface area (Å²) in [6.07, 6.45) is 2.01. The molecule has 1 unspecified atom stereocenters. The first-order valence-electron chi connectivity index (χ1n) is 7.71. The number of amides is 1. The van der Waals surface area contributed by atoms with Crippen LogP contribution >= 0.6 is 0 Å². The summed E-state index contributed by atoms with van der Waals surface area (Å²) in [6, 6.07) is 0.291. The van der Waals surface area contributed by atoms with Crippen LogP contribution in [0.1, 0.15) is 31.2 Å². The van der Waals surface area contributed by atoms with Crippen molar-refractivity contribution in [3.8, 4) is 0 Å². The highest BCUT2D eigenvalue weighted by Crippen LogP contribution is 2.17. The number of hydrogen-bond donors (Lipinski definition) is 1. The second kappa shape index (κ2) is 6.47. The molecule has 21 heavy (non-hydrogen) atoms. The molecule has 6 nitrogen and oxygen atoms in total. The number of hydrogen-bond acceptors (Lipinski definition) is 4. The molecule has 0 spiro atoms. The zero-order chi connectivity index (χ0) is 15.6. The topological polar surface area (TPSA) is 67.4 Å². The maximum atomic E-state index is 12.7. The second-order valence-electron chi connectivity index (χ2n) is 6.01. The predicted octanol–water partition coefficient (Wildman–Crippen LogP) is 1.02. The maximum absolute atomic E-state index is 12.7. The van der Waals surface area contributed by atoms with Crippen LogP contribution in [0.2, 0.25) is 0 Å². The largest absolute Gasteiger partial charge is 0.396 e. The Morgan fingerprint density at radius 1 is 1.38 bits per heavy atom. The zero-order valence-corrected chi connectivity index (χ0v) is 13.6. The first-order valence-corrected chi connectivity index (χ1v) is 7.71. The summed E-state index contributed by atoms with van der Waals surface area (Å²) in [4.78, 5) is 17.0. The van der Waals surface area contributed by atoms with Crippen LogP contribution in [0.15, 0.2) is 0 Å². The van der Waals surface area contributed by atoms with Gasteiger partial charge in [0, 0.05) is 19.1 Å². The molecule has 2 heterocycles. The Bertz CT molecular complexity index is 510. The molecule has 0 saturated carbocycles. The molecule has 1 aliphatic rings.